The molecule has 0 bridgehead atoms. The van der Waals surface area contributed by atoms with E-state index < -0.39 is 0 Å². The molecule has 2 aromatic rings. The van der Waals surface area contributed by atoms with Gasteiger partial charge in [-0.3, -0.25) is 0 Å². The van der Waals surface area contributed by atoms with E-state index in [-0.39, 0.29) is 5.97 Å². The van der Waals surface area contributed by atoms with Gasteiger partial charge < -0.3 is 9.30 Å². The van der Waals surface area contributed by atoms with E-state index in [9.17, 15) is 4.79 Å². The molecule has 0 saturated heterocycles. The van der Waals surface area contributed by atoms with Crippen molar-refractivity contribution in [2.45, 2.75) is 6.54 Å². The van der Waals surface area contributed by atoms with Gasteiger partial charge in [0.05, 0.1) is 13.4 Å². The second kappa shape index (κ2) is 6.33. The Bertz CT molecular complexity index is 574. The molecule has 1 aromatic heterocycles. The Labute approximate surface area is 119 Å². The first-order valence-corrected chi connectivity index (χ1v) is 6.48. The van der Waals surface area contributed by atoms with Crippen LogP contribution in [0.4, 0.5) is 0 Å². The summed E-state index contributed by atoms with van der Waals surface area (Å²) in [6, 6.07) is 7.94. The first-order chi connectivity index (χ1) is 9.19. The maximum Gasteiger partial charge on any atom is 0.344 e. The number of rotatable bonds is 4. The zero-order valence-corrected chi connectivity index (χ0v) is 12.0. The summed E-state index contributed by atoms with van der Waals surface area (Å²) >= 11 is 3.18. The number of ether oxygens (including phenoxy) is 1. The lowest BCUT2D eigenvalue weighted by molar-refractivity contribution is -0.135. The molecule has 0 aliphatic carbocycles. The second-order valence-corrected chi connectivity index (χ2v) is 4.81. The Morgan fingerprint density at radius 3 is 2.74 bits per heavy atom. The van der Waals surface area contributed by atoms with Crippen molar-refractivity contribution in [3.05, 3.63) is 58.6 Å². The molecule has 0 saturated carbocycles. The summed E-state index contributed by atoms with van der Waals surface area (Å²) in [5.74, 6) is -0.387. The van der Waals surface area contributed by atoms with Gasteiger partial charge in [0.2, 0.25) is 0 Å². The average Bonchev–Trinajstić information content (AvgIpc) is 2.93. The third-order valence-corrected chi connectivity index (χ3v) is 3.13. The average molecular weight is 321 g/mol. The molecule has 0 atom stereocenters. The van der Waals surface area contributed by atoms with Crippen molar-refractivity contribution in [1.82, 2.24) is 9.55 Å². The molecule has 0 aliphatic rings. The van der Waals surface area contributed by atoms with Crippen molar-refractivity contribution < 1.29 is 9.53 Å². The van der Waals surface area contributed by atoms with Crippen LogP contribution in [0, 0.1) is 0 Å². The smallest absolute Gasteiger partial charge is 0.344 e. The van der Waals surface area contributed by atoms with Gasteiger partial charge in [-0.25, -0.2) is 9.78 Å². The van der Waals surface area contributed by atoms with Gasteiger partial charge in [-0.15, -0.1) is 0 Å². The van der Waals surface area contributed by atoms with Gasteiger partial charge in [0.1, 0.15) is 4.48 Å². The second-order valence-electron chi connectivity index (χ2n) is 3.96. The number of hydrogen-bond donors (Lipinski definition) is 0. The predicted molar refractivity (Wildman–Crippen MR) is 76.7 cm³/mol. The summed E-state index contributed by atoms with van der Waals surface area (Å²) in [7, 11) is 1.35. The Balaban J connectivity index is 2.08. The molecule has 5 heteroatoms. The quantitative estimate of drug-likeness (QED) is 0.642. The standard InChI is InChI=1S/C14H13BrN2O2/c1-19-14(18)13(15)8-11-2-4-12(5-3-11)9-17-7-6-16-10-17/h2-8,10H,9H2,1H3/b13-8-. The number of aromatic nitrogens is 2. The molecular weight excluding hydrogens is 308 g/mol. The van der Waals surface area contributed by atoms with Gasteiger partial charge >= 0.3 is 5.97 Å². The zero-order chi connectivity index (χ0) is 13.7. The highest BCUT2D eigenvalue weighted by Crippen LogP contribution is 2.15. The molecular formula is C14H13BrN2O2. The monoisotopic (exact) mass is 320 g/mol. The van der Waals surface area contributed by atoms with Crippen molar-refractivity contribution in [2.24, 2.45) is 0 Å². The number of carbonyl (C=O) groups excluding carboxylic acids is 1. The molecule has 0 N–H and O–H groups in total. The van der Waals surface area contributed by atoms with Crippen molar-refractivity contribution in [3.63, 3.8) is 0 Å². The third-order valence-electron chi connectivity index (χ3n) is 2.58. The van der Waals surface area contributed by atoms with Crippen LogP contribution < -0.4 is 0 Å². The SMILES string of the molecule is COC(=O)/C(Br)=C/c1ccc(Cn2ccnc2)cc1. The summed E-state index contributed by atoms with van der Waals surface area (Å²) in [5.41, 5.74) is 2.11. The fourth-order valence-electron chi connectivity index (χ4n) is 1.61. The molecule has 1 aromatic carbocycles. The highest BCUT2D eigenvalue weighted by atomic mass is 79.9. The van der Waals surface area contributed by atoms with E-state index in [1.807, 2.05) is 35.0 Å². The Hall–Kier alpha value is -1.88. The van der Waals surface area contributed by atoms with Crippen LogP contribution >= 0.6 is 15.9 Å². The molecule has 0 aliphatic heterocycles. The molecule has 0 radical (unpaired) electrons. The Morgan fingerprint density at radius 1 is 1.42 bits per heavy atom. The summed E-state index contributed by atoms with van der Waals surface area (Å²) in [6.07, 6.45) is 7.18. The van der Waals surface area contributed by atoms with E-state index in [2.05, 4.69) is 25.7 Å². The maximum absolute atomic E-state index is 11.2. The number of benzene rings is 1. The number of esters is 1. The number of halogens is 1. The molecule has 1 heterocycles. The van der Waals surface area contributed by atoms with Crippen LogP contribution in [0.2, 0.25) is 0 Å². The van der Waals surface area contributed by atoms with Crippen LogP contribution in [-0.2, 0) is 16.1 Å². The first kappa shape index (κ1) is 13.5. The fraction of sp³-hybridized carbons (Fsp3) is 0.143. The van der Waals surface area contributed by atoms with Gasteiger partial charge in [-0.2, -0.15) is 0 Å². The molecule has 98 valence electrons. The Kier molecular flexibility index (Phi) is 4.52. The minimum absolute atomic E-state index is 0.387. The first-order valence-electron chi connectivity index (χ1n) is 5.69. The van der Waals surface area contributed by atoms with E-state index >= 15 is 0 Å². The molecule has 0 amide bonds. The van der Waals surface area contributed by atoms with Gasteiger partial charge in [0.15, 0.2) is 0 Å². The zero-order valence-electron chi connectivity index (χ0n) is 10.4. The predicted octanol–water partition coefficient (Wildman–Crippen LogP) is 2.84. The molecule has 0 fully saturated rings. The van der Waals surface area contributed by atoms with Crippen LogP contribution in [0.5, 0.6) is 0 Å². The number of imidazole rings is 1. The van der Waals surface area contributed by atoms with Crippen molar-refractivity contribution >= 4 is 28.0 Å². The van der Waals surface area contributed by atoms with E-state index in [0.29, 0.717) is 4.48 Å². The minimum Gasteiger partial charge on any atom is -0.465 e. The number of carbonyl (C=O) groups is 1. The van der Waals surface area contributed by atoms with Crippen LogP contribution in [0.25, 0.3) is 6.08 Å². The van der Waals surface area contributed by atoms with Crippen LogP contribution in [0.15, 0.2) is 47.5 Å². The van der Waals surface area contributed by atoms with Gasteiger partial charge in [0, 0.05) is 18.9 Å². The maximum atomic E-state index is 11.2. The normalized spacial score (nSPS) is 11.4. The highest BCUT2D eigenvalue weighted by molar-refractivity contribution is 9.12. The van der Waals surface area contributed by atoms with Crippen LogP contribution in [-0.4, -0.2) is 22.6 Å². The number of nitrogens with zero attached hydrogens (tertiary/aromatic N) is 2. The van der Waals surface area contributed by atoms with E-state index in [1.54, 1.807) is 18.6 Å². The topological polar surface area (TPSA) is 44.1 Å². The summed E-state index contributed by atoms with van der Waals surface area (Å²) in [5, 5.41) is 0. The fourth-order valence-corrected chi connectivity index (χ4v) is 2.04. The molecule has 2 rings (SSSR count). The Morgan fingerprint density at radius 2 is 2.16 bits per heavy atom. The van der Waals surface area contributed by atoms with Crippen molar-refractivity contribution in [1.29, 1.82) is 0 Å². The largest absolute Gasteiger partial charge is 0.465 e. The van der Waals surface area contributed by atoms with Crippen LogP contribution in [0.1, 0.15) is 11.1 Å². The summed E-state index contributed by atoms with van der Waals surface area (Å²) in [4.78, 5) is 15.2. The number of methoxy groups -OCH3 is 1. The lowest BCUT2D eigenvalue weighted by atomic mass is 10.1. The molecule has 0 unspecified atom stereocenters. The molecule has 19 heavy (non-hydrogen) atoms. The van der Waals surface area contributed by atoms with Gasteiger partial charge in [0.25, 0.3) is 0 Å². The lowest BCUT2D eigenvalue weighted by Crippen LogP contribution is -1.99. The third kappa shape index (κ3) is 3.79. The van der Waals surface area contributed by atoms with Gasteiger partial charge in [-0.1, -0.05) is 24.3 Å². The molecule has 4 nitrogen and oxygen atoms in total. The highest BCUT2D eigenvalue weighted by Gasteiger charge is 2.04. The van der Waals surface area contributed by atoms with E-state index in [4.69, 9.17) is 0 Å². The summed E-state index contributed by atoms with van der Waals surface area (Å²) in [6.45, 7) is 0.780. The molecule has 0 spiro atoms. The number of hydrogen-bond acceptors (Lipinski definition) is 3. The summed E-state index contributed by atoms with van der Waals surface area (Å²) < 4.78 is 7.01. The van der Waals surface area contributed by atoms with E-state index in [0.717, 1.165) is 12.1 Å². The van der Waals surface area contributed by atoms with Crippen molar-refractivity contribution in [2.75, 3.05) is 7.11 Å². The van der Waals surface area contributed by atoms with Gasteiger partial charge in [-0.05, 0) is 33.1 Å². The van der Waals surface area contributed by atoms with Crippen LogP contribution in [0.3, 0.4) is 0 Å². The minimum atomic E-state index is -0.387. The van der Waals surface area contributed by atoms with E-state index in [1.165, 1.54) is 12.7 Å². The lowest BCUT2D eigenvalue weighted by Gasteiger charge is -2.03. The van der Waals surface area contributed by atoms with Crippen molar-refractivity contribution in [3.8, 4) is 0 Å².